The van der Waals surface area contributed by atoms with E-state index < -0.39 is 0 Å². The van der Waals surface area contributed by atoms with Crippen LogP contribution in [-0.4, -0.2) is 13.2 Å². The Morgan fingerprint density at radius 1 is 1.29 bits per heavy atom. The zero-order chi connectivity index (χ0) is 9.54. The SMILES string of the molecule is CC1NCCc2cc3c(cc21)OCC3. The Morgan fingerprint density at radius 2 is 2.21 bits per heavy atom. The van der Waals surface area contributed by atoms with Crippen molar-refractivity contribution in [3.8, 4) is 5.75 Å². The molecular formula is C12H15NO. The third-order valence-corrected chi connectivity index (χ3v) is 3.26. The van der Waals surface area contributed by atoms with Gasteiger partial charge in [-0.3, -0.25) is 0 Å². The van der Waals surface area contributed by atoms with Crippen LogP contribution in [0.1, 0.15) is 29.7 Å². The van der Waals surface area contributed by atoms with E-state index in [1.165, 1.54) is 16.7 Å². The Hall–Kier alpha value is -1.02. The first-order valence-corrected chi connectivity index (χ1v) is 5.36. The predicted octanol–water partition coefficient (Wildman–Crippen LogP) is 1.83. The normalized spacial score (nSPS) is 23.9. The lowest BCUT2D eigenvalue weighted by atomic mass is 9.93. The van der Waals surface area contributed by atoms with Gasteiger partial charge < -0.3 is 10.1 Å². The summed E-state index contributed by atoms with van der Waals surface area (Å²) < 4.78 is 5.59. The smallest absolute Gasteiger partial charge is 0.122 e. The first kappa shape index (κ1) is 8.30. The second-order valence-electron chi connectivity index (χ2n) is 4.18. The van der Waals surface area contributed by atoms with Crippen molar-refractivity contribution in [2.45, 2.75) is 25.8 Å². The number of nitrogens with one attached hydrogen (secondary N) is 1. The minimum atomic E-state index is 0.480. The summed E-state index contributed by atoms with van der Waals surface area (Å²) >= 11 is 0. The molecule has 1 unspecified atom stereocenters. The summed E-state index contributed by atoms with van der Waals surface area (Å²) in [6.07, 6.45) is 2.25. The van der Waals surface area contributed by atoms with Crippen molar-refractivity contribution in [2.24, 2.45) is 0 Å². The van der Waals surface area contributed by atoms with Crippen LogP contribution in [0.3, 0.4) is 0 Å². The minimum absolute atomic E-state index is 0.480. The molecule has 1 aromatic rings. The van der Waals surface area contributed by atoms with E-state index in [-0.39, 0.29) is 0 Å². The quantitative estimate of drug-likeness (QED) is 0.672. The van der Waals surface area contributed by atoms with Crippen molar-refractivity contribution in [3.63, 3.8) is 0 Å². The van der Waals surface area contributed by atoms with Crippen molar-refractivity contribution in [3.05, 3.63) is 28.8 Å². The van der Waals surface area contributed by atoms with Gasteiger partial charge in [-0.2, -0.15) is 0 Å². The number of benzene rings is 1. The molecule has 0 bridgehead atoms. The van der Waals surface area contributed by atoms with E-state index in [9.17, 15) is 0 Å². The standard InChI is InChI=1S/C12H15NO/c1-8-11-7-12-10(3-5-14-12)6-9(11)2-4-13-8/h6-8,13H,2-5H2,1H3. The molecule has 0 saturated carbocycles. The monoisotopic (exact) mass is 189 g/mol. The summed E-state index contributed by atoms with van der Waals surface area (Å²) in [6.45, 7) is 4.19. The Kier molecular flexibility index (Phi) is 1.77. The highest BCUT2D eigenvalue weighted by atomic mass is 16.5. The maximum atomic E-state index is 5.59. The van der Waals surface area contributed by atoms with Crippen LogP contribution in [0.2, 0.25) is 0 Å². The summed E-state index contributed by atoms with van der Waals surface area (Å²) in [5.41, 5.74) is 4.34. The zero-order valence-corrected chi connectivity index (χ0v) is 8.47. The van der Waals surface area contributed by atoms with Gasteiger partial charge in [0.1, 0.15) is 5.75 Å². The van der Waals surface area contributed by atoms with Crippen molar-refractivity contribution < 1.29 is 4.74 Å². The van der Waals surface area contributed by atoms with E-state index in [0.717, 1.165) is 31.7 Å². The molecular weight excluding hydrogens is 174 g/mol. The molecule has 14 heavy (non-hydrogen) atoms. The minimum Gasteiger partial charge on any atom is -0.493 e. The molecule has 0 aromatic heterocycles. The predicted molar refractivity (Wildman–Crippen MR) is 55.8 cm³/mol. The molecule has 0 aliphatic carbocycles. The van der Waals surface area contributed by atoms with Gasteiger partial charge >= 0.3 is 0 Å². The second-order valence-corrected chi connectivity index (χ2v) is 4.18. The molecule has 2 heterocycles. The van der Waals surface area contributed by atoms with Crippen LogP contribution in [0.25, 0.3) is 0 Å². The Labute approximate surface area is 84.3 Å². The summed E-state index contributed by atoms with van der Waals surface area (Å²) in [4.78, 5) is 0. The Morgan fingerprint density at radius 3 is 3.14 bits per heavy atom. The Bertz CT molecular complexity index is 373. The molecule has 0 radical (unpaired) electrons. The van der Waals surface area contributed by atoms with Gasteiger partial charge in [0.25, 0.3) is 0 Å². The fourth-order valence-corrected chi connectivity index (χ4v) is 2.44. The molecule has 0 fully saturated rings. The largest absolute Gasteiger partial charge is 0.493 e. The molecule has 2 heteroatoms. The van der Waals surface area contributed by atoms with Crippen LogP contribution in [0.5, 0.6) is 5.75 Å². The van der Waals surface area contributed by atoms with Gasteiger partial charge in [-0.25, -0.2) is 0 Å². The lowest BCUT2D eigenvalue weighted by Gasteiger charge is -2.24. The van der Waals surface area contributed by atoms with Crippen LogP contribution in [0.4, 0.5) is 0 Å². The maximum Gasteiger partial charge on any atom is 0.122 e. The highest BCUT2D eigenvalue weighted by Crippen LogP contribution is 2.33. The van der Waals surface area contributed by atoms with Crippen molar-refractivity contribution in [1.82, 2.24) is 5.32 Å². The third kappa shape index (κ3) is 1.14. The van der Waals surface area contributed by atoms with E-state index in [1.807, 2.05) is 0 Å². The zero-order valence-electron chi connectivity index (χ0n) is 8.47. The summed E-state index contributed by atoms with van der Waals surface area (Å²) in [6, 6.07) is 5.05. The van der Waals surface area contributed by atoms with Crippen LogP contribution < -0.4 is 10.1 Å². The highest BCUT2D eigenvalue weighted by Gasteiger charge is 2.21. The number of hydrogen-bond acceptors (Lipinski definition) is 2. The van der Waals surface area contributed by atoms with E-state index in [0.29, 0.717) is 6.04 Å². The number of rotatable bonds is 0. The lowest BCUT2D eigenvalue weighted by Crippen LogP contribution is -2.27. The van der Waals surface area contributed by atoms with Crippen LogP contribution >= 0.6 is 0 Å². The third-order valence-electron chi connectivity index (χ3n) is 3.26. The van der Waals surface area contributed by atoms with Crippen LogP contribution in [0, 0.1) is 0 Å². The molecule has 1 atom stereocenters. The van der Waals surface area contributed by atoms with Crippen LogP contribution in [0.15, 0.2) is 12.1 Å². The fourth-order valence-electron chi connectivity index (χ4n) is 2.44. The van der Waals surface area contributed by atoms with Gasteiger partial charge in [-0.05, 0) is 42.6 Å². The van der Waals surface area contributed by atoms with Crippen LogP contribution in [-0.2, 0) is 12.8 Å². The van der Waals surface area contributed by atoms with E-state index >= 15 is 0 Å². The summed E-state index contributed by atoms with van der Waals surface area (Å²) in [5, 5.41) is 3.47. The average Bonchev–Trinajstić information content (AvgIpc) is 2.62. The molecule has 1 aromatic carbocycles. The van der Waals surface area contributed by atoms with Gasteiger partial charge in [0.15, 0.2) is 0 Å². The van der Waals surface area contributed by atoms with E-state index in [1.54, 1.807) is 0 Å². The first-order valence-electron chi connectivity index (χ1n) is 5.36. The molecule has 74 valence electrons. The number of ether oxygens (including phenoxy) is 1. The molecule has 0 saturated heterocycles. The second kappa shape index (κ2) is 2.99. The molecule has 2 aliphatic rings. The van der Waals surface area contributed by atoms with E-state index in [2.05, 4.69) is 24.4 Å². The lowest BCUT2D eigenvalue weighted by molar-refractivity contribution is 0.356. The number of hydrogen-bond donors (Lipinski definition) is 1. The molecule has 2 nitrogen and oxygen atoms in total. The number of fused-ring (bicyclic) bond motifs is 2. The highest BCUT2D eigenvalue weighted by molar-refractivity contribution is 5.46. The summed E-state index contributed by atoms with van der Waals surface area (Å²) in [5.74, 6) is 1.11. The van der Waals surface area contributed by atoms with Gasteiger partial charge in [0, 0.05) is 12.5 Å². The van der Waals surface area contributed by atoms with Gasteiger partial charge in [0.2, 0.25) is 0 Å². The molecule has 1 N–H and O–H groups in total. The van der Waals surface area contributed by atoms with Crippen molar-refractivity contribution >= 4 is 0 Å². The van der Waals surface area contributed by atoms with Crippen molar-refractivity contribution in [2.75, 3.05) is 13.2 Å². The molecule has 0 spiro atoms. The average molecular weight is 189 g/mol. The summed E-state index contributed by atoms with van der Waals surface area (Å²) in [7, 11) is 0. The molecule has 3 rings (SSSR count). The maximum absolute atomic E-state index is 5.59. The molecule has 2 aliphatic heterocycles. The molecule has 0 amide bonds. The van der Waals surface area contributed by atoms with Crippen molar-refractivity contribution in [1.29, 1.82) is 0 Å². The van der Waals surface area contributed by atoms with E-state index in [4.69, 9.17) is 4.74 Å². The first-order chi connectivity index (χ1) is 6.84. The van der Waals surface area contributed by atoms with Gasteiger partial charge in [-0.15, -0.1) is 0 Å². The van der Waals surface area contributed by atoms with Gasteiger partial charge in [0.05, 0.1) is 6.61 Å². The van der Waals surface area contributed by atoms with Gasteiger partial charge in [-0.1, -0.05) is 6.07 Å². The Balaban J connectivity index is 2.12. The fraction of sp³-hybridized carbons (Fsp3) is 0.500. The topological polar surface area (TPSA) is 21.3 Å².